The van der Waals surface area contributed by atoms with Gasteiger partial charge in [0, 0.05) is 47.7 Å². The van der Waals surface area contributed by atoms with Crippen molar-refractivity contribution in [3.63, 3.8) is 0 Å². The summed E-state index contributed by atoms with van der Waals surface area (Å²) in [6.07, 6.45) is 5.70. The number of allylic oxidation sites excluding steroid dienone is 2. The predicted molar refractivity (Wildman–Crippen MR) is 129 cm³/mol. The summed E-state index contributed by atoms with van der Waals surface area (Å²) in [7, 11) is 1.77. The van der Waals surface area contributed by atoms with Gasteiger partial charge in [-0.05, 0) is 48.0 Å². The molecule has 8 heteroatoms. The second-order valence-electron chi connectivity index (χ2n) is 8.33. The summed E-state index contributed by atoms with van der Waals surface area (Å²) >= 11 is 6.29. The zero-order valence-electron chi connectivity index (χ0n) is 18.0. The second kappa shape index (κ2) is 8.33. The van der Waals surface area contributed by atoms with Gasteiger partial charge in [-0.3, -0.25) is 9.69 Å². The minimum Gasteiger partial charge on any atom is -0.459 e. The number of carbonyl (C=O) groups is 2. The van der Waals surface area contributed by atoms with Gasteiger partial charge < -0.3 is 20.4 Å². The number of fused-ring (bicyclic) bond motifs is 2. The fraction of sp³-hybridized carbons (Fsp3) is 0.200. The highest BCUT2D eigenvalue weighted by Gasteiger charge is 2.31. The molecule has 1 atom stereocenters. The molecule has 1 aromatic heterocycles. The number of nitrogens with zero attached hydrogens (tertiary/aromatic N) is 2. The Morgan fingerprint density at radius 1 is 1.24 bits per heavy atom. The number of nitrogens with two attached hydrogens (primary N) is 1. The molecule has 2 aromatic carbocycles. The lowest BCUT2D eigenvalue weighted by atomic mass is 10.0. The zero-order chi connectivity index (χ0) is 23.1. The number of halogens is 1. The van der Waals surface area contributed by atoms with Gasteiger partial charge in [0.05, 0.1) is 12.2 Å². The number of carbonyl (C=O) groups excluding carboxylic acids is 2. The van der Waals surface area contributed by atoms with E-state index in [0.717, 1.165) is 16.6 Å². The molecule has 33 heavy (non-hydrogen) atoms. The standard InChI is InChI=1S/C25H23ClN4O3/c1-29-13-17-6-5-15(11-22(17)30(25(29)32)14-16-3-2-4-21(16)26)24(31)28-12-20-10-18-9-19(27)7-8-23(18)33-20/h2-11,16H,12-14,27H2,1H3,(H,28,31). The molecule has 0 saturated heterocycles. The molecule has 0 radical (unpaired) electrons. The number of nitrogen functional groups attached to an aromatic ring is 1. The Morgan fingerprint density at radius 2 is 2.09 bits per heavy atom. The lowest BCUT2D eigenvalue weighted by molar-refractivity contribution is 0.0948. The smallest absolute Gasteiger partial charge is 0.324 e. The minimum absolute atomic E-state index is 0.0606. The predicted octanol–water partition coefficient (Wildman–Crippen LogP) is 4.63. The van der Waals surface area contributed by atoms with Crippen LogP contribution in [0.15, 0.2) is 70.1 Å². The van der Waals surface area contributed by atoms with Crippen LogP contribution in [0.4, 0.5) is 16.2 Å². The normalized spacial score (nSPS) is 17.5. The summed E-state index contributed by atoms with van der Waals surface area (Å²) in [6.45, 7) is 1.14. The van der Waals surface area contributed by atoms with Crippen LogP contribution in [-0.4, -0.2) is 30.4 Å². The first-order chi connectivity index (χ1) is 15.9. The van der Waals surface area contributed by atoms with Gasteiger partial charge >= 0.3 is 6.03 Å². The zero-order valence-corrected chi connectivity index (χ0v) is 18.8. The molecular formula is C25H23ClN4O3. The number of furan rings is 1. The first-order valence-corrected chi connectivity index (χ1v) is 11.0. The average molecular weight is 463 g/mol. The van der Waals surface area contributed by atoms with Gasteiger partial charge in [-0.25, -0.2) is 4.79 Å². The summed E-state index contributed by atoms with van der Waals surface area (Å²) < 4.78 is 5.77. The molecule has 168 valence electrons. The Hall–Kier alpha value is -3.71. The number of anilines is 2. The van der Waals surface area contributed by atoms with E-state index in [4.69, 9.17) is 21.8 Å². The van der Waals surface area contributed by atoms with Crippen LogP contribution in [0.5, 0.6) is 0 Å². The third-order valence-corrected chi connectivity index (χ3v) is 6.36. The minimum atomic E-state index is -0.247. The highest BCUT2D eigenvalue weighted by molar-refractivity contribution is 6.30. The van der Waals surface area contributed by atoms with E-state index in [1.807, 2.05) is 42.5 Å². The van der Waals surface area contributed by atoms with Crippen LogP contribution in [0.25, 0.3) is 11.0 Å². The van der Waals surface area contributed by atoms with Crippen molar-refractivity contribution in [2.24, 2.45) is 5.92 Å². The van der Waals surface area contributed by atoms with E-state index in [2.05, 4.69) is 5.32 Å². The molecule has 1 aliphatic carbocycles. The van der Waals surface area contributed by atoms with Crippen LogP contribution in [0, 0.1) is 5.92 Å². The average Bonchev–Trinajstić information content (AvgIpc) is 3.39. The van der Waals surface area contributed by atoms with E-state index in [0.29, 0.717) is 40.7 Å². The second-order valence-corrected chi connectivity index (χ2v) is 8.76. The molecule has 1 unspecified atom stereocenters. The van der Waals surface area contributed by atoms with Gasteiger partial charge in [0.15, 0.2) is 0 Å². The summed E-state index contributed by atoms with van der Waals surface area (Å²) in [4.78, 5) is 29.2. The summed E-state index contributed by atoms with van der Waals surface area (Å²) in [5.41, 5.74) is 9.37. The first-order valence-electron chi connectivity index (χ1n) is 10.6. The van der Waals surface area contributed by atoms with E-state index >= 15 is 0 Å². The highest BCUT2D eigenvalue weighted by Crippen LogP contribution is 2.33. The Balaban J connectivity index is 1.35. The summed E-state index contributed by atoms with van der Waals surface area (Å²) in [6, 6.07) is 12.6. The number of urea groups is 1. The van der Waals surface area contributed by atoms with Crippen LogP contribution < -0.4 is 16.0 Å². The van der Waals surface area contributed by atoms with Crippen LogP contribution in [0.1, 0.15) is 21.7 Å². The fourth-order valence-electron chi connectivity index (χ4n) is 4.21. The quantitative estimate of drug-likeness (QED) is 0.541. The lowest BCUT2D eigenvalue weighted by Crippen LogP contribution is -2.47. The SMILES string of the molecule is CN1Cc2ccc(C(=O)NCc3cc4cc(N)ccc4o3)cc2N(CC2C=CC=C2Cl)C1=O. The van der Waals surface area contributed by atoms with Crippen LogP contribution in [-0.2, 0) is 13.1 Å². The maximum atomic E-state index is 12.9. The van der Waals surface area contributed by atoms with Gasteiger partial charge in [-0.2, -0.15) is 0 Å². The number of rotatable bonds is 5. The molecule has 2 heterocycles. The van der Waals surface area contributed by atoms with Gasteiger partial charge in [0.2, 0.25) is 0 Å². The Bertz CT molecular complexity index is 1330. The molecule has 0 saturated carbocycles. The van der Waals surface area contributed by atoms with Crippen molar-refractivity contribution in [1.29, 1.82) is 0 Å². The first kappa shape index (κ1) is 21.2. The van der Waals surface area contributed by atoms with E-state index in [9.17, 15) is 9.59 Å². The molecule has 5 rings (SSSR count). The lowest BCUT2D eigenvalue weighted by Gasteiger charge is -2.36. The van der Waals surface area contributed by atoms with E-state index in [1.54, 1.807) is 35.0 Å². The van der Waals surface area contributed by atoms with E-state index in [-0.39, 0.29) is 24.4 Å². The maximum Gasteiger partial charge on any atom is 0.324 e. The van der Waals surface area contributed by atoms with Crippen molar-refractivity contribution >= 4 is 45.9 Å². The van der Waals surface area contributed by atoms with Crippen molar-refractivity contribution in [3.05, 3.63) is 82.6 Å². The Morgan fingerprint density at radius 3 is 2.88 bits per heavy atom. The third-order valence-electron chi connectivity index (χ3n) is 5.95. The molecule has 3 aromatic rings. The van der Waals surface area contributed by atoms with E-state index in [1.165, 1.54) is 0 Å². The van der Waals surface area contributed by atoms with E-state index < -0.39 is 0 Å². The molecule has 3 amide bonds. The number of hydrogen-bond acceptors (Lipinski definition) is 4. The monoisotopic (exact) mass is 462 g/mol. The van der Waals surface area contributed by atoms with Crippen molar-refractivity contribution in [2.45, 2.75) is 13.1 Å². The van der Waals surface area contributed by atoms with Crippen LogP contribution >= 0.6 is 11.6 Å². The topological polar surface area (TPSA) is 91.8 Å². The van der Waals surface area contributed by atoms with Gasteiger partial charge in [0.1, 0.15) is 11.3 Å². The Labute approximate surface area is 196 Å². The molecule has 1 aliphatic heterocycles. The number of nitrogens with one attached hydrogen (secondary N) is 1. The van der Waals surface area contributed by atoms with Gasteiger partial charge in [-0.15, -0.1) is 0 Å². The Kier molecular flexibility index (Phi) is 5.34. The maximum absolute atomic E-state index is 12.9. The molecule has 0 fully saturated rings. The summed E-state index contributed by atoms with van der Waals surface area (Å²) in [5.74, 6) is 0.326. The molecule has 0 bridgehead atoms. The van der Waals surface area contributed by atoms with Crippen LogP contribution in [0.2, 0.25) is 0 Å². The van der Waals surface area contributed by atoms with Crippen molar-refractivity contribution in [1.82, 2.24) is 10.2 Å². The number of benzene rings is 2. The van der Waals surface area contributed by atoms with Gasteiger partial charge in [-0.1, -0.05) is 29.8 Å². The molecule has 7 nitrogen and oxygen atoms in total. The van der Waals surface area contributed by atoms with Gasteiger partial charge in [0.25, 0.3) is 5.91 Å². The van der Waals surface area contributed by atoms with Crippen molar-refractivity contribution in [2.75, 3.05) is 24.2 Å². The number of hydrogen-bond donors (Lipinski definition) is 2. The largest absolute Gasteiger partial charge is 0.459 e. The van der Waals surface area contributed by atoms with Crippen LogP contribution in [0.3, 0.4) is 0 Å². The van der Waals surface area contributed by atoms with Crippen molar-refractivity contribution < 1.29 is 14.0 Å². The molecule has 2 aliphatic rings. The highest BCUT2D eigenvalue weighted by atomic mass is 35.5. The molecule has 3 N–H and O–H groups in total. The number of amides is 3. The molecular weight excluding hydrogens is 440 g/mol. The molecule has 0 spiro atoms. The fourth-order valence-corrected chi connectivity index (χ4v) is 4.43. The third kappa shape index (κ3) is 4.07. The van der Waals surface area contributed by atoms with Crippen molar-refractivity contribution in [3.8, 4) is 0 Å². The summed E-state index contributed by atoms with van der Waals surface area (Å²) in [5, 5.41) is 4.48.